The number of aliphatic carboxylic acids is 1. The molecular formula is C9H19NO2S. The normalized spacial score (nSPS) is 15.3. The molecule has 0 aromatic carbocycles. The van der Waals surface area contributed by atoms with Crippen LogP contribution in [-0.4, -0.2) is 28.6 Å². The summed E-state index contributed by atoms with van der Waals surface area (Å²) >= 11 is 1.80. The second kappa shape index (κ2) is 7.21. The van der Waals surface area contributed by atoms with E-state index in [1.807, 2.05) is 6.92 Å². The lowest BCUT2D eigenvalue weighted by molar-refractivity contribution is -0.138. The predicted octanol–water partition coefficient (Wildman–Crippen LogP) is 1.57. The first-order valence-electron chi connectivity index (χ1n) is 4.61. The van der Waals surface area contributed by atoms with Crippen molar-refractivity contribution in [3.8, 4) is 0 Å². The lowest BCUT2D eigenvalue weighted by Gasteiger charge is -2.14. The first-order chi connectivity index (χ1) is 6.06. The summed E-state index contributed by atoms with van der Waals surface area (Å²) < 4.78 is 0. The summed E-state index contributed by atoms with van der Waals surface area (Å²) in [6.07, 6.45) is 1.03. The summed E-state index contributed by atoms with van der Waals surface area (Å²) in [5.41, 5.74) is 5.82. The van der Waals surface area contributed by atoms with Crippen LogP contribution in [0.4, 0.5) is 0 Å². The molecule has 0 saturated heterocycles. The first kappa shape index (κ1) is 12.8. The Morgan fingerprint density at radius 2 is 2.23 bits per heavy atom. The summed E-state index contributed by atoms with van der Waals surface area (Å²) in [5.74, 6) is 1.45. The molecule has 2 atom stereocenters. The molecule has 0 aliphatic heterocycles. The number of carbonyl (C=O) groups is 1. The highest BCUT2D eigenvalue weighted by molar-refractivity contribution is 7.99. The van der Waals surface area contributed by atoms with Gasteiger partial charge in [-0.25, -0.2) is 0 Å². The van der Waals surface area contributed by atoms with E-state index in [2.05, 4.69) is 6.92 Å². The molecule has 0 amide bonds. The number of thioether (sulfide) groups is 1. The lowest BCUT2D eigenvalue weighted by Crippen LogP contribution is -2.26. The van der Waals surface area contributed by atoms with E-state index in [-0.39, 0.29) is 18.4 Å². The van der Waals surface area contributed by atoms with E-state index in [0.717, 1.165) is 17.9 Å². The number of carboxylic acid groups (broad SMARTS) is 1. The van der Waals surface area contributed by atoms with E-state index >= 15 is 0 Å². The van der Waals surface area contributed by atoms with E-state index in [1.54, 1.807) is 11.8 Å². The summed E-state index contributed by atoms with van der Waals surface area (Å²) in [6, 6.07) is 0.138. The molecule has 13 heavy (non-hydrogen) atoms. The van der Waals surface area contributed by atoms with Gasteiger partial charge in [-0.15, -0.1) is 0 Å². The van der Waals surface area contributed by atoms with Crippen molar-refractivity contribution in [1.29, 1.82) is 0 Å². The predicted molar refractivity (Wildman–Crippen MR) is 57.0 cm³/mol. The average molecular weight is 205 g/mol. The largest absolute Gasteiger partial charge is 0.481 e. The van der Waals surface area contributed by atoms with Gasteiger partial charge in [0.15, 0.2) is 0 Å². The zero-order chi connectivity index (χ0) is 10.3. The van der Waals surface area contributed by atoms with Gasteiger partial charge in [0, 0.05) is 18.2 Å². The van der Waals surface area contributed by atoms with Gasteiger partial charge < -0.3 is 10.8 Å². The maximum Gasteiger partial charge on any atom is 0.303 e. The minimum Gasteiger partial charge on any atom is -0.481 e. The highest BCUT2D eigenvalue weighted by atomic mass is 32.2. The second-order valence-corrected chi connectivity index (χ2v) is 4.68. The molecule has 3 nitrogen and oxygen atoms in total. The van der Waals surface area contributed by atoms with Gasteiger partial charge in [0.2, 0.25) is 0 Å². The van der Waals surface area contributed by atoms with Crippen molar-refractivity contribution >= 4 is 17.7 Å². The Morgan fingerprint density at radius 3 is 2.69 bits per heavy atom. The average Bonchev–Trinajstić information content (AvgIpc) is 1.98. The molecule has 0 bridgehead atoms. The quantitative estimate of drug-likeness (QED) is 0.662. The lowest BCUT2D eigenvalue weighted by atomic mass is 10.00. The van der Waals surface area contributed by atoms with Gasteiger partial charge >= 0.3 is 5.97 Å². The molecule has 78 valence electrons. The zero-order valence-corrected chi connectivity index (χ0v) is 9.14. The maximum atomic E-state index is 10.4. The van der Waals surface area contributed by atoms with Crippen LogP contribution in [0.3, 0.4) is 0 Å². The summed E-state index contributed by atoms with van der Waals surface area (Å²) in [4.78, 5) is 10.4. The van der Waals surface area contributed by atoms with Crippen LogP contribution in [-0.2, 0) is 4.79 Å². The maximum absolute atomic E-state index is 10.4. The SMILES string of the molecule is CCSC[C@H](N)C[C@@H](C)CC(=O)O. The molecule has 0 aliphatic carbocycles. The zero-order valence-electron chi connectivity index (χ0n) is 8.32. The van der Waals surface area contributed by atoms with Crippen LogP contribution in [0.2, 0.25) is 0 Å². The molecule has 4 heteroatoms. The number of nitrogens with two attached hydrogens (primary N) is 1. The van der Waals surface area contributed by atoms with E-state index in [0.29, 0.717) is 0 Å². The topological polar surface area (TPSA) is 63.3 Å². The third kappa shape index (κ3) is 8.12. The standard InChI is InChI=1S/C9H19NO2S/c1-3-13-6-8(10)4-7(2)5-9(11)12/h7-8H,3-6,10H2,1-2H3,(H,11,12)/t7-,8-/m1/s1. The van der Waals surface area contributed by atoms with E-state index < -0.39 is 5.97 Å². The van der Waals surface area contributed by atoms with Gasteiger partial charge in [-0.3, -0.25) is 4.79 Å². The fraction of sp³-hybridized carbons (Fsp3) is 0.889. The van der Waals surface area contributed by atoms with Crippen LogP contribution in [0.5, 0.6) is 0 Å². The highest BCUT2D eigenvalue weighted by Gasteiger charge is 2.11. The van der Waals surface area contributed by atoms with E-state index in [4.69, 9.17) is 10.8 Å². The Kier molecular flexibility index (Phi) is 7.09. The fourth-order valence-electron chi connectivity index (χ4n) is 1.24. The molecule has 0 rings (SSSR count). The van der Waals surface area contributed by atoms with Crippen molar-refractivity contribution in [3.63, 3.8) is 0 Å². The van der Waals surface area contributed by atoms with Crippen molar-refractivity contribution in [2.75, 3.05) is 11.5 Å². The first-order valence-corrected chi connectivity index (χ1v) is 5.76. The van der Waals surface area contributed by atoms with Gasteiger partial charge in [0.1, 0.15) is 0 Å². The number of carboxylic acids is 1. The molecule has 0 saturated carbocycles. The molecule has 0 radical (unpaired) electrons. The third-order valence-corrected chi connectivity index (χ3v) is 2.84. The van der Waals surface area contributed by atoms with Crippen molar-refractivity contribution in [3.05, 3.63) is 0 Å². The number of hydrogen-bond acceptors (Lipinski definition) is 3. The minimum absolute atomic E-state index is 0.138. The van der Waals surface area contributed by atoms with Gasteiger partial charge in [-0.1, -0.05) is 13.8 Å². The summed E-state index contributed by atoms with van der Waals surface area (Å²) in [5, 5.41) is 8.53. The molecule has 0 unspecified atom stereocenters. The van der Waals surface area contributed by atoms with Crippen LogP contribution in [0.15, 0.2) is 0 Å². The van der Waals surface area contributed by atoms with Crippen LogP contribution in [0, 0.1) is 5.92 Å². The molecule has 3 N–H and O–H groups in total. The Morgan fingerprint density at radius 1 is 1.62 bits per heavy atom. The Balaban J connectivity index is 3.52. The molecule has 0 heterocycles. The number of hydrogen-bond donors (Lipinski definition) is 2. The molecule has 0 aliphatic rings. The van der Waals surface area contributed by atoms with Crippen LogP contribution in [0.1, 0.15) is 26.7 Å². The molecular weight excluding hydrogens is 186 g/mol. The molecule has 0 spiro atoms. The van der Waals surface area contributed by atoms with Crippen LogP contribution in [0.25, 0.3) is 0 Å². The Labute approximate surface area is 84.1 Å². The minimum atomic E-state index is -0.733. The number of rotatable bonds is 7. The summed E-state index contributed by atoms with van der Waals surface area (Å²) in [6.45, 7) is 4.03. The van der Waals surface area contributed by atoms with E-state index in [1.165, 1.54) is 0 Å². The molecule has 0 aromatic rings. The fourth-order valence-corrected chi connectivity index (χ4v) is 1.91. The van der Waals surface area contributed by atoms with Gasteiger partial charge in [0.05, 0.1) is 0 Å². The van der Waals surface area contributed by atoms with E-state index in [9.17, 15) is 4.79 Å². The smallest absolute Gasteiger partial charge is 0.303 e. The monoisotopic (exact) mass is 205 g/mol. The summed E-state index contributed by atoms with van der Waals surface area (Å²) in [7, 11) is 0. The van der Waals surface area contributed by atoms with Gasteiger partial charge in [-0.05, 0) is 18.1 Å². The van der Waals surface area contributed by atoms with Crippen molar-refractivity contribution in [1.82, 2.24) is 0 Å². The molecule has 0 aromatic heterocycles. The van der Waals surface area contributed by atoms with Crippen molar-refractivity contribution in [2.24, 2.45) is 11.7 Å². The van der Waals surface area contributed by atoms with Gasteiger partial charge in [0.25, 0.3) is 0 Å². The Hall–Kier alpha value is -0.220. The van der Waals surface area contributed by atoms with Crippen LogP contribution >= 0.6 is 11.8 Å². The van der Waals surface area contributed by atoms with Gasteiger partial charge in [-0.2, -0.15) is 11.8 Å². The van der Waals surface area contributed by atoms with Crippen molar-refractivity contribution in [2.45, 2.75) is 32.7 Å². The highest BCUT2D eigenvalue weighted by Crippen LogP contribution is 2.12. The Bertz CT molecular complexity index is 153. The molecule has 0 fully saturated rings. The van der Waals surface area contributed by atoms with Crippen molar-refractivity contribution < 1.29 is 9.90 Å². The third-order valence-electron chi connectivity index (χ3n) is 1.76. The van der Waals surface area contributed by atoms with Crippen LogP contribution < -0.4 is 5.73 Å². The second-order valence-electron chi connectivity index (χ2n) is 3.36.